The second-order valence-corrected chi connectivity index (χ2v) is 14.4. The van der Waals surface area contributed by atoms with Gasteiger partial charge >= 0.3 is 0 Å². The zero-order valence-corrected chi connectivity index (χ0v) is 26.3. The fourth-order valence-corrected chi connectivity index (χ4v) is 6.92. The van der Waals surface area contributed by atoms with Gasteiger partial charge in [-0.1, -0.05) is 84.0 Å². The molecule has 44 heavy (non-hydrogen) atoms. The Kier molecular flexibility index (Phi) is 5.68. The topological polar surface area (TPSA) is 25.8 Å². The van der Waals surface area contributed by atoms with Crippen molar-refractivity contribution in [3.63, 3.8) is 0 Å². The van der Waals surface area contributed by atoms with E-state index in [-0.39, 0.29) is 10.8 Å². The van der Waals surface area contributed by atoms with E-state index in [1.165, 1.54) is 76.1 Å². The molecule has 0 bridgehead atoms. The highest BCUT2D eigenvalue weighted by Crippen LogP contribution is 2.48. The Balaban J connectivity index is 1.63. The van der Waals surface area contributed by atoms with Crippen molar-refractivity contribution in [3.05, 3.63) is 121 Å². The number of fused-ring (bicyclic) bond motifs is 3. The number of nitrogens with zero attached hydrogens (tertiary/aromatic N) is 2. The average Bonchev–Trinajstić information content (AvgIpc) is 3.01. The van der Waals surface area contributed by atoms with Crippen LogP contribution >= 0.6 is 0 Å². The van der Waals surface area contributed by atoms with Gasteiger partial charge in [0.1, 0.15) is 0 Å². The van der Waals surface area contributed by atoms with Crippen molar-refractivity contribution >= 4 is 53.9 Å². The smallest absolute Gasteiger partial charge is 0.0708 e. The largest absolute Gasteiger partial charge is 0.256 e. The van der Waals surface area contributed by atoms with Gasteiger partial charge in [-0.15, -0.1) is 0 Å². The minimum Gasteiger partial charge on any atom is -0.256 e. The lowest BCUT2D eigenvalue weighted by Crippen LogP contribution is -2.11. The van der Waals surface area contributed by atoms with Crippen LogP contribution in [0.5, 0.6) is 0 Å². The summed E-state index contributed by atoms with van der Waals surface area (Å²) in [6, 6.07) is 36.1. The molecule has 8 rings (SSSR count). The number of hydrogen-bond acceptors (Lipinski definition) is 2. The summed E-state index contributed by atoms with van der Waals surface area (Å²) in [7, 11) is 0. The van der Waals surface area contributed by atoms with Gasteiger partial charge in [0.15, 0.2) is 0 Å². The predicted octanol–water partition coefficient (Wildman–Crippen LogP) is 11.6. The van der Waals surface area contributed by atoms with E-state index in [4.69, 9.17) is 9.97 Å². The molecule has 2 heterocycles. The van der Waals surface area contributed by atoms with Crippen LogP contribution in [0, 0.1) is 0 Å². The Bertz CT molecular complexity index is 2350. The van der Waals surface area contributed by atoms with Gasteiger partial charge < -0.3 is 0 Å². The summed E-state index contributed by atoms with van der Waals surface area (Å²) in [4.78, 5) is 9.77. The minimum absolute atomic E-state index is 0.0122. The van der Waals surface area contributed by atoms with Crippen LogP contribution in [-0.4, -0.2) is 9.97 Å². The average molecular weight is 569 g/mol. The van der Waals surface area contributed by atoms with Gasteiger partial charge in [0.2, 0.25) is 0 Å². The van der Waals surface area contributed by atoms with E-state index in [1.807, 2.05) is 24.5 Å². The second kappa shape index (κ2) is 9.34. The maximum absolute atomic E-state index is 4.91. The zero-order valence-electron chi connectivity index (χ0n) is 26.3. The van der Waals surface area contributed by atoms with Crippen molar-refractivity contribution in [2.75, 3.05) is 0 Å². The SMILES string of the molecule is CC(C)(C)c1ccc2cc3c(cc2c1)cc1c(-c2ccccn2)cc2cc(C(C)(C)C)cc4cc(-c5ccccn5)c3c1c24. The van der Waals surface area contributed by atoms with Gasteiger partial charge in [-0.25, -0.2) is 0 Å². The highest BCUT2D eigenvalue weighted by atomic mass is 14.7. The van der Waals surface area contributed by atoms with Crippen LogP contribution in [0.2, 0.25) is 0 Å². The molecule has 0 amide bonds. The van der Waals surface area contributed by atoms with E-state index in [1.54, 1.807) is 0 Å². The van der Waals surface area contributed by atoms with Gasteiger partial charge in [0, 0.05) is 28.9 Å². The number of pyridine rings is 2. The molecule has 6 aromatic carbocycles. The third kappa shape index (κ3) is 4.16. The lowest BCUT2D eigenvalue weighted by Gasteiger charge is -2.24. The Morgan fingerprint density at radius 3 is 1.61 bits per heavy atom. The van der Waals surface area contributed by atoms with Gasteiger partial charge in [-0.3, -0.25) is 9.97 Å². The molecule has 8 aromatic rings. The summed E-state index contributed by atoms with van der Waals surface area (Å²) in [5.41, 5.74) is 7.09. The molecule has 0 spiro atoms. The van der Waals surface area contributed by atoms with E-state index >= 15 is 0 Å². The fraction of sp³-hybridized carbons (Fsp3) is 0.190. The van der Waals surface area contributed by atoms with Crippen molar-refractivity contribution < 1.29 is 0 Å². The van der Waals surface area contributed by atoms with Crippen molar-refractivity contribution in [2.45, 2.75) is 52.4 Å². The third-order valence-corrected chi connectivity index (χ3v) is 9.32. The molecule has 0 N–H and O–H groups in total. The number of rotatable bonds is 2. The van der Waals surface area contributed by atoms with Gasteiger partial charge in [-0.05, 0) is 125 Å². The summed E-state index contributed by atoms with van der Waals surface area (Å²) >= 11 is 0. The van der Waals surface area contributed by atoms with Crippen molar-refractivity contribution in [3.8, 4) is 22.5 Å². The first-order valence-electron chi connectivity index (χ1n) is 15.6. The quantitative estimate of drug-likeness (QED) is 0.153. The van der Waals surface area contributed by atoms with E-state index in [0.717, 1.165) is 11.4 Å². The fourth-order valence-electron chi connectivity index (χ4n) is 6.92. The summed E-state index contributed by atoms with van der Waals surface area (Å²) < 4.78 is 0. The van der Waals surface area contributed by atoms with Crippen LogP contribution in [0.3, 0.4) is 0 Å². The predicted molar refractivity (Wildman–Crippen MR) is 189 cm³/mol. The molecule has 2 aromatic heterocycles. The highest BCUT2D eigenvalue weighted by Gasteiger charge is 2.23. The lowest BCUT2D eigenvalue weighted by atomic mass is 9.80. The van der Waals surface area contributed by atoms with Gasteiger partial charge in [0.05, 0.1) is 11.4 Å². The monoisotopic (exact) mass is 568 g/mol. The molecule has 0 aliphatic heterocycles. The first kappa shape index (κ1) is 26.8. The molecule has 0 fully saturated rings. The molecule has 0 radical (unpaired) electrons. The summed E-state index contributed by atoms with van der Waals surface area (Å²) in [5.74, 6) is 0. The van der Waals surface area contributed by atoms with E-state index in [2.05, 4.69) is 126 Å². The molecule has 214 valence electrons. The molecule has 0 atom stereocenters. The van der Waals surface area contributed by atoms with E-state index in [0.29, 0.717) is 0 Å². The molecule has 0 saturated heterocycles. The van der Waals surface area contributed by atoms with Crippen LogP contribution in [0.15, 0.2) is 109 Å². The molecule has 2 heteroatoms. The Labute approximate surface area is 258 Å². The van der Waals surface area contributed by atoms with Gasteiger partial charge in [-0.2, -0.15) is 0 Å². The Morgan fingerprint density at radius 1 is 0.409 bits per heavy atom. The molecule has 0 aliphatic carbocycles. The lowest BCUT2D eigenvalue weighted by molar-refractivity contribution is 0.591. The number of hydrogen-bond donors (Lipinski definition) is 0. The maximum Gasteiger partial charge on any atom is 0.0708 e. The summed E-state index contributed by atoms with van der Waals surface area (Å²) in [6.45, 7) is 13.7. The van der Waals surface area contributed by atoms with Crippen LogP contribution in [0.25, 0.3) is 76.4 Å². The van der Waals surface area contributed by atoms with Crippen LogP contribution in [0.1, 0.15) is 52.7 Å². The molecular weight excluding hydrogens is 532 g/mol. The van der Waals surface area contributed by atoms with E-state index in [9.17, 15) is 0 Å². The van der Waals surface area contributed by atoms with E-state index < -0.39 is 0 Å². The van der Waals surface area contributed by atoms with Crippen LogP contribution in [-0.2, 0) is 10.8 Å². The Hall–Kier alpha value is -4.82. The Morgan fingerprint density at radius 2 is 1.00 bits per heavy atom. The van der Waals surface area contributed by atoms with Crippen molar-refractivity contribution in [2.24, 2.45) is 0 Å². The first-order valence-corrected chi connectivity index (χ1v) is 15.6. The molecule has 0 aliphatic rings. The second-order valence-electron chi connectivity index (χ2n) is 14.4. The molecule has 0 saturated carbocycles. The van der Waals surface area contributed by atoms with Crippen LogP contribution in [0.4, 0.5) is 0 Å². The number of benzene rings is 6. The number of aromatic nitrogens is 2. The maximum atomic E-state index is 4.91. The summed E-state index contributed by atoms with van der Waals surface area (Å²) in [6.07, 6.45) is 3.81. The van der Waals surface area contributed by atoms with Crippen molar-refractivity contribution in [1.82, 2.24) is 9.97 Å². The van der Waals surface area contributed by atoms with Crippen LogP contribution < -0.4 is 0 Å². The van der Waals surface area contributed by atoms with Gasteiger partial charge in [0.25, 0.3) is 0 Å². The zero-order chi connectivity index (χ0) is 30.4. The molecule has 0 unspecified atom stereocenters. The summed E-state index contributed by atoms with van der Waals surface area (Å²) in [5, 5.41) is 12.6. The molecule has 2 nitrogen and oxygen atoms in total. The normalized spacial score (nSPS) is 12.8. The minimum atomic E-state index is 0.0122. The highest BCUT2D eigenvalue weighted by molar-refractivity contribution is 6.35. The van der Waals surface area contributed by atoms with Crippen molar-refractivity contribution in [1.29, 1.82) is 0 Å². The third-order valence-electron chi connectivity index (χ3n) is 9.32. The standard InChI is InChI=1S/C42H36N2/c1-41(2,3)30-14-13-25-21-32-27(17-26(25)18-30)22-34-33(36-11-7-9-15-43-36)23-28-19-31(42(4,5)6)20-29-24-35(37-12-8-10-16-44-37)39(32)40(34)38(28)29/h7-24H,1-6H3. The molecular formula is C42H36N2. The first-order chi connectivity index (χ1) is 21.1.